The van der Waals surface area contributed by atoms with Gasteiger partial charge in [0.25, 0.3) is 0 Å². The molecule has 1 fully saturated rings. The van der Waals surface area contributed by atoms with Crippen LogP contribution in [0, 0.1) is 11.8 Å². The Bertz CT molecular complexity index is 535. The molecule has 2 unspecified atom stereocenters. The van der Waals surface area contributed by atoms with E-state index in [1.807, 2.05) is 0 Å². The number of carbonyl (C=O) groups excluding carboxylic acids is 1. The van der Waals surface area contributed by atoms with Crippen LogP contribution in [0.5, 0.6) is 0 Å². The molecule has 1 aliphatic rings. The number of hydrogen-bond donors (Lipinski definition) is 1. The first kappa shape index (κ1) is 16.6. The molecule has 1 aromatic carbocycles. The van der Waals surface area contributed by atoms with Gasteiger partial charge in [0, 0.05) is 15.4 Å². The van der Waals surface area contributed by atoms with E-state index in [-0.39, 0.29) is 12.8 Å². The molecule has 1 aliphatic carbocycles. The number of amides is 1. The van der Waals surface area contributed by atoms with E-state index in [4.69, 9.17) is 11.6 Å². The molecule has 1 saturated carbocycles. The molecule has 21 heavy (non-hydrogen) atoms. The Morgan fingerprint density at radius 1 is 1.29 bits per heavy atom. The Morgan fingerprint density at radius 3 is 2.57 bits per heavy atom. The zero-order chi connectivity index (χ0) is 15.6. The van der Waals surface area contributed by atoms with E-state index in [0.717, 1.165) is 0 Å². The number of alkyl halides is 3. The average Bonchev–Trinajstić information content (AvgIpc) is 2.41. The van der Waals surface area contributed by atoms with Crippen LogP contribution in [0.2, 0.25) is 5.02 Å². The molecule has 0 spiro atoms. The van der Waals surface area contributed by atoms with Crippen LogP contribution in [0.3, 0.4) is 0 Å². The van der Waals surface area contributed by atoms with Crippen molar-refractivity contribution >= 4 is 39.1 Å². The first-order valence-corrected chi connectivity index (χ1v) is 7.79. The van der Waals surface area contributed by atoms with E-state index >= 15 is 0 Å². The van der Waals surface area contributed by atoms with Gasteiger partial charge < -0.3 is 5.32 Å². The summed E-state index contributed by atoms with van der Waals surface area (Å²) in [4.78, 5) is 12.2. The third kappa shape index (κ3) is 4.13. The van der Waals surface area contributed by atoms with Crippen LogP contribution in [-0.2, 0) is 4.79 Å². The molecule has 0 heterocycles. The second-order valence-electron chi connectivity index (χ2n) is 5.15. The Balaban J connectivity index is 2.14. The van der Waals surface area contributed by atoms with Gasteiger partial charge in [-0.1, -0.05) is 24.4 Å². The molecule has 0 aliphatic heterocycles. The van der Waals surface area contributed by atoms with Gasteiger partial charge in [0.2, 0.25) is 5.91 Å². The predicted octanol–water partition coefficient (Wildman–Crippen LogP) is 5.41. The minimum atomic E-state index is -4.33. The molecule has 0 saturated heterocycles. The molecule has 116 valence electrons. The fourth-order valence-electron chi connectivity index (χ4n) is 2.65. The van der Waals surface area contributed by atoms with Gasteiger partial charge in [-0.2, -0.15) is 13.2 Å². The second-order valence-corrected chi connectivity index (χ2v) is 6.44. The molecule has 1 aromatic rings. The third-order valence-electron chi connectivity index (χ3n) is 3.71. The van der Waals surface area contributed by atoms with E-state index in [1.165, 1.54) is 0 Å². The maximum atomic E-state index is 13.0. The summed E-state index contributed by atoms with van der Waals surface area (Å²) in [5.74, 6) is -3.17. The number of carbonyl (C=O) groups is 1. The normalized spacial score (nSPS) is 22.9. The molecule has 0 aromatic heterocycles. The minimum absolute atomic E-state index is 0.0172. The summed E-state index contributed by atoms with van der Waals surface area (Å²) in [5, 5.41) is 3.04. The number of anilines is 1. The topological polar surface area (TPSA) is 29.1 Å². The lowest BCUT2D eigenvalue weighted by atomic mass is 9.78. The van der Waals surface area contributed by atoms with Gasteiger partial charge in [-0.05, 0) is 47.0 Å². The SMILES string of the molecule is O=C(Nc1ccc(Cl)cc1Br)C1CCCCC1C(F)(F)F. The van der Waals surface area contributed by atoms with Crippen LogP contribution in [0.4, 0.5) is 18.9 Å². The summed E-state index contributed by atoms with van der Waals surface area (Å²) < 4.78 is 39.6. The first-order chi connectivity index (χ1) is 9.79. The minimum Gasteiger partial charge on any atom is -0.325 e. The predicted molar refractivity (Wildman–Crippen MR) is 79.3 cm³/mol. The summed E-state index contributed by atoms with van der Waals surface area (Å²) in [6, 6.07) is 4.72. The van der Waals surface area contributed by atoms with Crippen LogP contribution < -0.4 is 5.32 Å². The molecular weight excluding hydrogens is 371 g/mol. The Labute approximate surface area is 134 Å². The highest BCUT2D eigenvalue weighted by Gasteiger charge is 2.48. The van der Waals surface area contributed by atoms with Gasteiger partial charge in [-0.3, -0.25) is 4.79 Å². The molecule has 2 atom stereocenters. The zero-order valence-electron chi connectivity index (χ0n) is 11.0. The van der Waals surface area contributed by atoms with E-state index in [9.17, 15) is 18.0 Å². The van der Waals surface area contributed by atoms with Crippen molar-refractivity contribution < 1.29 is 18.0 Å². The number of nitrogens with one attached hydrogen (secondary N) is 1. The van der Waals surface area contributed by atoms with Crippen molar-refractivity contribution in [3.8, 4) is 0 Å². The zero-order valence-corrected chi connectivity index (χ0v) is 13.4. The van der Waals surface area contributed by atoms with Crippen LogP contribution in [0.1, 0.15) is 25.7 Å². The Morgan fingerprint density at radius 2 is 1.95 bits per heavy atom. The van der Waals surface area contributed by atoms with Crippen molar-refractivity contribution in [3.63, 3.8) is 0 Å². The van der Waals surface area contributed by atoms with Crippen molar-refractivity contribution in [2.45, 2.75) is 31.9 Å². The lowest BCUT2D eigenvalue weighted by Crippen LogP contribution is -2.39. The number of benzene rings is 1. The van der Waals surface area contributed by atoms with Crippen molar-refractivity contribution in [1.82, 2.24) is 0 Å². The highest BCUT2D eigenvalue weighted by Crippen LogP contribution is 2.42. The summed E-state index contributed by atoms with van der Waals surface area (Å²) >= 11 is 9.03. The van der Waals surface area contributed by atoms with E-state index < -0.39 is 23.9 Å². The van der Waals surface area contributed by atoms with Crippen LogP contribution in [0.25, 0.3) is 0 Å². The summed E-state index contributed by atoms with van der Waals surface area (Å²) in [7, 11) is 0. The summed E-state index contributed by atoms with van der Waals surface area (Å²) in [5.41, 5.74) is 0.427. The van der Waals surface area contributed by atoms with Crippen molar-refractivity contribution in [3.05, 3.63) is 27.7 Å². The third-order valence-corrected chi connectivity index (χ3v) is 4.60. The van der Waals surface area contributed by atoms with Gasteiger partial charge in [-0.15, -0.1) is 0 Å². The average molecular weight is 385 g/mol. The molecule has 1 amide bonds. The lowest BCUT2D eigenvalue weighted by molar-refractivity contribution is -0.197. The number of hydrogen-bond acceptors (Lipinski definition) is 1. The van der Waals surface area contributed by atoms with Gasteiger partial charge in [0.1, 0.15) is 0 Å². The van der Waals surface area contributed by atoms with Gasteiger partial charge in [0.05, 0.1) is 11.6 Å². The Hall–Kier alpha value is -0.750. The first-order valence-electron chi connectivity index (χ1n) is 6.61. The van der Waals surface area contributed by atoms with Crippen LogP contribution >= 0.6 is 27.5 Å². The standard InChI is InChI=1S/C14H14BrClF3NO/c15-11-7-8(16)5-6-12(11)20-13(21)9-3-1-2-4-10(9)14(17,18)19/h5-7,9-10H,1-4H2,(H,20,21). The molecule has 1 N–H and O–H groups in total. The number of halogens is 5. The highest BCUT2D eigenvalue weighted by molar-refractivity contribution is 9.10. The van der Waals surface area contributed by atoms with E-state index in [1.54, 1.807) is 18.2 Å². The summed E-state index contributed by atoms with van der Waals surface area (Å²) in [6.07, 6.45) is -2.89. The van der Waals surface area contributed by atoms with Crippen LogP contribution in [0.15, 0.2) is 22.7 Å². The van der Waals surface area contributed by atoms with E-state index in [2.05, 4.69) is 21.2 Å². The van der Waals surface area contributed by atoms with Crippen molar-refractivity contribution in [2.75, 3.05) is 5.32 Å². The molecule has 7 heteroatoms. The maximum Gasteiger partial charge on any atom is 0.392 e. The number of rotatable bonds is 2. The molecule has 0 radical (unpaired) electrons. The smallest absolute Gasteiger partial charge is 0.325 e. The quantitative estimate of drug-likeness (QED) is 0.726. The fourth-order valence-corrected chi connectivity index (χ4v) is 3.43. The van der Waals surface area contributed by atoms with Gasteiger partial charge in [-0.25, -0.2) is 0 Å². The molecule has 2 nitrogen and oxygen atoms in total. The van der Waals surface area contributed by atoms with Gasteiger partial charge in [0.15, 0.2) is 0 Å². The van der Waals surface area contributed by atoms with Gasteiger partial charge >= 0.3 is 6.18 Å². The molecule has 0 bridgehead atoms. The van der Waals surface area contributed by atoms with Crippen molar-refractivity contribution in [2.24, 2.45) is 11.8 Å². The molecule has 2 rings (SSSR count). The Kier molecular flexibility index (Phi) is 5.20. The second kappa shape index (κ2) is 6.57. The maximum absolute atomic E-state index is 13.0. The largest absolute Gasteiger partial charge is 0.392 e. The highest BCUT2D eigenvalue weighted by atomic mass is 79.9. The molecular formula is C14H14BrClF3NO. The lowest BCUT2D eigenvalue weighted by Gasteiger charge is -2.32. The fraction of sp³-hybridized carbons (Fsp3) is 0.500. The summed E-state index contributed by atoms with van der Waals surface area (Å²) in [6.45, 7) is 0. The monoisotopic (exact) mass is 383 g/mol. The van der Waals surface area contributed by atoms with Crippen molar-refractivity contribution in [1.29, 1.82) is 0 Å². The van der Waals surface area contributed by atoms with Crippen LogP contribution in [-0.4, -0.2) is 12.1 Å². The van der Waals surface area contributed by atoms with E-state index in [0.29, 0.717) is 28.0 Å².